The highest BCUT2D eigenvalue weighted by atomic mass is 16.7. The fraction of sp³-hybridized carbons (Fsp3) is 0.667. The maximum absolute atomic E-state index is 5.54. The molecule has 0 bridgehead atoms. The molecule has 0 aromatic carbocycles. The molecule has 90 valence electrons. The molecule has 2 heterocycles. The number of furan rings is 1. The van der Waals surface area contributed by atoms with Crippen LogP contribution in [-0.4, -0.2) is 37.5 Å². The van der Waals surface area contributed by atoms with Gasteiger partial charge in [0.15, 0.2) is 0 Å². The van der Waals surface area contributed by atoms with E-state index in [1.807, 2.05) is 6.07 Å². The van der Waals surface area contributed by atoms with Crippen molar-refractivity contribution in [1.82, 2.24) is 4.90 Å². The van der Waals surface area contributed by atoms with Gasteiger partial charge in [0.05, 0.1) is 25.2 Å². The quantitative estimate of drug-likeness (QED) is 0.766. The van der Waals surface area contributed by atoms with Crippen LogP contribution in [0.25, 0.3) is 0 Å². The van der Waals surface area contributed by atoms with Crippen molar-refractivity contribution in [2.24, 2.45) is 0 Å². The molecule has 1 fully saturated rings. The van der Waals surface area contributed by atoms with Gasteiger partial charge in [-0.1, -0.05) is 6.92 Å². The molecule has 1 saturated heterocycles. The van der Waals surface area contributed by atoms with E-state index >= 15 is 0 Å². The lowest BCUT2D eigenvalue weighted by molar-refractivity contribution is -0.144. The second kappa shape index (κ2) is 6.03. The number of hydrogen-bond acceptors (Lipinski definition) is 4. The van der Waals surface area contributed by atoms with Crippen LogP contribution in [0, 0.1) is 0 Å². The van der Waals surface area contributed by atoms with Gasteiger partial charge < -0.3 is 13.9 Å². The number of rotatable bonds is 5. The van der Waals surface area contributed by atoms with Gasteiger partial charge in [-0.3, -0.25) is 4.90 Å². The van der Waals surface area contributed by atoms with Crippen LogP contribution in [0.1, 0.15) is 18.9 Å². The number of likely N-dealkylation sites (N-methyl/N-ethyl adjacent to an activating group) is 1. The molecule has 0 aliphatic carbocycles. The van der Waals surface area contributed by atoms with Gasteiger partial charge in [0.25, 0.3) is 0 Å². The van der Waals surface area contributed by atoms with Crippen LogP contribution in [-0.2, 0) is 16.0 Å². The van der Waals surface area contributed by atoms with E-state index in [1.165, 1.54) is 5.56 Å². The fourth-order valence-electron chi connectivity index (χ4n) is 1.88. The predicted molar refractivity (Wildman–Crippen MR) is 60.0 cm³/mol. The van der Waals surface area contributed by atoms with E-state index in [0.29, 0.717) is 12.9 Å². The summed E-state index contributed by atoms with van der Waals surface area (Å²) >= 11 is 0. The Hall–Kier alpha value is -0.840. The van der Waals surface area contributed by atoms with Gasteiger partial charge in [-0.05, 0) is 19.0 Å². The van der Waals surface area contributed by atoms with E-state index < -0.39 is 0 Å². The predicted octanol–water partition coefficient (Wildman–Crippen LogP) is 1.86. The first-order chi connectivity index (χ1) is 7.88. The second-order valence-corrected chi connectivity index (χ2v) is 4.06. The van der Waals surface area contributed by atoms with Crippen LogP contribution in [0.5, 0.6) is 0 Å². The maximum Gasteiger partial charge on any atom is 0.147 e. The van der Waals surface area contributed by atoms with E-state index in [1.54, 1.807) is 12.5 Å². The van der Waals surface area contributed by atoms with Crippen LogP contribution < -0.4 is 0 Å². The first-order valence-corrected chi connectivity index (χ1v) is 5.81. The summed E-state index contributed by atoms with van der Waals surface area (Å²) in [7, 11) is 0. The smallest absolute Gasteiger partial charge is 0.147 e. The van der Waals surface area contributed by atoms with Crippen molar-refractivity contribution < 1.29 is 13.9 Å². The fourth-order valence-corrected chi connectivity index (χ4v) is 1.88. The van der Waals surface area contributed by atoms with Crippen LogP contribution in [0.4, 0.5) is 0 Å². The van der Waals surface area contributed by atoms with Gasteiger partial charge in [0, 0.05) is 18.7 Å². The van der Waals surface area contributed by atoms with Gasteiger partial charge in [-0.15, -0.1) is 0 Å². The maximum atomic E-state index is 5.54. The van der Waals surface area contributed by atoms with E-state index in [0.717, 1.165) is 32.7 Å². The molecular weight excluding hydrogens is 206 g/mol. The zero-order valence-electron chi connectivity index (χ0n) is 9.72. The minimum atomic E-state index is 0.306. The third-order valence-corrected chi connectivity index (χ3v) is 2.87. The highest BCUT2D eigenvalue weighted by molar-refractivity contribution is 5.04. The monoisotopic (exact) mass is 225 g/mol. The number of nitrogens with zero attached hydrogens (tertiary/aromatic N) is 1. The summed E-state index contributed by atoms with van der Waals surface area (Å²) < 4.78 is 15.8. The first-order valence-electron chi connectivity index (χ1n) is 5.81. The molecule has 2 rings (SSSR count). The summed E-state index contributed by atoms with van der Waals surface area (Å²) in [4.78, 5) is 2.36. The van der Waals surface area contributed by atoms with Crippen molar-refractivity contribution >= 4 is 0 Å². The van der Waals surface area contributed by atoms with Crippen LogP contribution in [0.15, 0.2) is 23.0 Å². The zero-order valence-corrected chi connectivity index (χ0v) is 9.72. The van der Waals surface area contributed by atoms with Crippen molar-refractivity contribution in [3.05, 3.63) is 24.2 Å². The lowest BCUT2D eigenvalue weighted by atomic mass is 10.2. The third-order valence-electron chi connectivity index (χ3n) is 2.87. The van der Waals surface area contributed by atoms with Crippen LogP contribution >= 0.6 is 0 Å². The molecule has 16 heavy (non-hydrogen) atoms. The molecule has 0 radical (unpaired) electrons. The highest BCUT2D eigenvalue weighted by Gasteiger charge is 2.17. The minimum absolute atomic E-state index is 0.306. The van der Waals surface area contributed by atoms with E-state index in [2.05, 4.69) is 11.8 Å². The molecule has 1 aliphatic rings. The molecule has 0 unspecified atom stereocenters. The molecule has 4 nitrogen and oxygen atoms in total. The van der Waals surface area contributed by atoms with Crippen molar-refractivity contribution in [2.45, 2.75) is 26.0 Å². The molecular formula is C12H19NO3. The van der Waals surface area contributed by atoms with Gasteiger partial charge in [-0.25, -0.2) is 0 Å². The molecule has 0 saturated carbocycles. The number of hydrogen-bond donors (Lipinski definition) is 0. The molecule has 1 aromatic heterocycles. The van der Waals surface area contributed by atoms with E-state index in [9.17, 15) is 0 Å². The minimum Gasteiger partial charge on any atom is -0.472 e. The standard InChI is InChI=1S/C12H19NO3/c1-2-13(7-11-3-5-14-9-11)8-12-4-6-15-10-16-12/h3,5,9,12H,2,4,6-8,10H2,1H3/t12-/m0/s1. The first kappa shape index (κ1) is 11.6. The topological polar surface area (TPSA) is 34.8 Å². The molecule has 1 atom stereocenters. The normalized spacial score (nSPS) is 21.5. The van der Waals surface area contributed by atoms with Crippen molar-refractivity contribution in [1.29, 1.82) is 0 Å². The Kier molecular flexibility index (Phi) is 4.39. The SMILES string of the molecule is CCN(Cc1ccoc1)C[C@@H]1CCOCO1. The van der Waals surface area contributed by atoms with E-state index in [4.69, 9.17) is 13.9 Å². The summed E-state index contributed by atoms with van der Waals surface area (Å²) in [6, 6.07) is 2.01. The van der Waals surface area contributed by atoms with Gasteiger partial charge in [-0.2, -0.15) is 0 Å². The van der Waals surface area contributed by atoms with Gasteiger partial charge >= 0.3 is 0 Å². The number of ether oxygens (including phenoxy) is 2. The van der Waals surface area contributed by atoms with Gasteiger partial charge in [0.2, 0.25) is 0 Å². The largest absolute Gasteiger partial charge is 0.472 e. The Morgan fingerprint density at radius 2 is 2.44 bits per heavy atom. The molecule has 0 amide bonds. The Balaban J connectivity index is 1.80. The summed E-state index contributed by atoms with van der Waals surface area (Å²) in [6.45, 7) is 6.33. The Morgan fingerprint density at radius 1 is 1.50 bits per heavy atom. The summed E-state index contributed by atoms with van der Waals surface area (Å²) in [5.74, 6) is 0. The Bertz CT molecular complexity index is 280. The summed E-state index contributed by atoms with van der Waals surface area (Å²) in [5.41, 5.74) is 1.22. The van der Waals surface area contributed by atoms with Crippen LogP contribution in [0.3, 0.4) is 0 Å². The van der Waals surface area contributed by atoms with Crippen molar-refractivity contribution in [2.75, 3.05) is 26.5 Å². The average Bonchev–Trinajstić information content (AvgIpc) is 2.82. The van der Waals surface area contributed by atoms with E-state index in [-0.39, 0.29) is 0 Å². The lowest BCUT2D eigenvalue weighted by Gasteiger charge is -2.28. The molecule has 4 heteroatoms. The average molecular weight is 225 g/mol. The molecule has 1 aromatic rings. The summed E-state index contributed by atoms with van der Waals surface area (Å²) in [5, 5.41) is 0. The molecule has 1 aliphatic heterocycles. The summed E-state index contributed by atoms with van der Waals surface area (Å²) in [6.07, 6.45) is 4.81. The highest BCUT2D eigenvalue weighted by Crippen LogP contribution is 2.11. The third kappa shape index (κ3) is 3.33. The second-order valence-electron chi connectivity index (χ2n) is 4.06. The van der Waals surface area contributed by atoms with Gasteiger partial charge in [0.1, 0.15) is 6.79 Å². The molecule has 0 N–H and O–H groups in total. The van der Waals surface area contributed by atoms with Crippen LogP contribution in [0.2, 0.25) is 0 Å². The van der Waals surface area contributed by atoms with Crippen molar-refractivity contribution in [3.8, 4) is 0 Å². The lowest BCUT2D eigenvalue weighted by Crippen LogP contribution is -2.36. The Labute approximate surface area is 96.1 Å². The molecule has 0 spiro atoms. The Morgan fingerprint density at radius 3 is 3.06 bits per heavy atom. The van der Waals surface area contributed by atoms with Crippen molar-refractivity contribution in [3.63, 3.8) is 0 Å². The zero-order chi connectivity index (χ0) is 11.2.